The quantitative estimate of drug-likeness (QED) is 0.194. The van der Waals surface area contributed by atoms with E-state index in [1.165, 1.54) is 107 Å². The summed E-state index contributed by atoms with van der Waals surface area (Å²) in [6.45, 7) is 4.72. The highest BCUT2D eigenvalue weighted by atomic mass is 16.7. The van der Waals surface area contributed by atoms with E-state index in [1.807, 2.05) is 0 Å². The molecule has 0 spiro atoms. The molecule has 3 nitrogen and oxygen atoms in total. The lowest BCUT2D eigenvalue weighted by Gasteiger charge is -2.29. The Morgan fingerprint density at radius 2 is 1.18 bits per heavy atom. The van der Waals surface area contributed by atoms with E-state index in [-0.39, 0.29) is 6.29 Å². The van der Waals surface area contributed by atoms with Gasteiger partial charge >= 0.3 is 0 Å². The van der Waals surface area contributed by atoms with Crippen LogP contribution in [0.15, 0.2) is 48.5 Å². The summed E-state index contributed by atoms with van der Waals surface area (Å²) in [4.78, 5) is 0. The summed E-state index contributed by atoms with van der Waals surface area (Å²) in [6, 6.07) is 17.2. The van der Waals surface area contributed by atoms with Crippen molar-refractivity contribution in [2.24, 2.45) is 11.8 Å². The maximum Gasteiger partial charge on any atom is 0.183 e. The highest BCUT2D eigenvalue weighted by molar-refractivity contribution is 5.64. The molecule has 0 amide bonds. The van der Waals surface area contributed by atoms with Crippen molar-refractivity contribution in [3.63, 3.8) is 0 Å². The molecule has 0 aromatic heterocycles. The van der Waals surface area contributed by atoms with E-state index < -0.39 is 0 Å². The summed E-state index contributed by atoms with van der Waals surface area (Å²) in [5.74, 6) is 2.52. The number of hydrogen-bond donors (Lipinski definition) is 0. The van der Waals surface area contributed by atoms with Gasteiger partial charge in [0.25, 0.3) is 0 Å². The zero-order valence-corrected chi connectivity index (χ0v) is 24.0. The number of ether oxygens (including phenoxy) is 3. The van der Waals surface area contributed by atoms with Gasteiger partial charge in [0.15, 0.2) is 6.29 Å². The van der Waals surface area contributed by atoms with Crippen LogP contribution in [-0.4, -0.2) is 19.8 Å². The van der Waals surface area contributed by atoms with Crippen LogP contribution < -0.4 is 4.74 Å². The van der Waals surface area contributed by atoms with Crippen molar-refractivity contribution in [2.45, 2.75) is 116 Å². The van der Waals surface area contributed by atoms with Crippen LogP contribution in [0, 0.1) is 11.8 Å². The topological polar surface area (TPSA) is 27.7 Å². The van der Waals surface area contributed by atoms with Gasteiger partial charge in [-0.15, -0.1) is 0 Å². The molecule has 0 bridgehead atoms. The van der Waals surface area contributed by atoms with E-state index in [9.17, 15) is 0 Å². The summed E-state index contributed by atoms with van der Waals surface area (Å²) in [6.07, 6.45) is 21.6. The van der Waals surface area contributed by atoms with Gasteiger partial charge in [-0.3, -0.25) is 0 Å². The Balaban J connectivity index is 1.10. The highest BCUT2D eigenvalue weighted by Gasteiger charge is 2.23. The maximum atomic E-state index is 6.10. The van der Waals surface area contributed by atoms with Gasteiger partial charge in [-0.2, -0.15) is 0 Å². The third-order valence-corrected chi connectivity index (χ3v) is 8.55. The van der Waals surface area contributed by atoms with Crippen LogP contribution >= 0.6 is 0 Å². The molecule has 0 unspecified atom stereocenters. The van der Waals surface area contributed by atoms with Crippen molar-refractivity contribution in [1.29, 1.82) is 0 Å². The van der Waals surface area contributed by atoms with Crippen LogP contribution in [0.4, 0.5) is 0 Å². The van der Waals surface area contributed by atoms with E-state index >= 15 is 0 Å². The standard InChI is InChI=1S/C35H52O3/c1-2-3-4-5-6-7-9-17-30-27-37-35(38-28-30)33-20-18-31(19-21-33)32-22-24-34(25-23-32)36-26-13-8-10-14-29-15-11-12-16-29/h18-25,29-30,35H,2-17,26-28H2,1H3. The second kappa shape index (κ2) is 17.0. The fourth-order valence-corrected chi connectivity index (χ4v) is 6.07. The van der Waals surface area contributed by atoms with E-state index in [1.54, 1.807) is 0 Å². The normalized spacial score (nSPS) is 20.1. The predicted octanol–water partition coefficient (Wildman–Crippen LogP) is 10.3. The van der Waals surface area contributed by atoms with Crippen molar-refractivity contribution in [2.75, 3.05) is 19.8 Å². The molecule has 2 aromatic rings. The lowest BCUT2D eigenvalue weighted by Crippen LogP contribution is -2.27. The first-order valence-electron chi connectivity index (χ1n) is 15.9. The summed E-state index contributed by atoms with van der Waals surface area (Å²) < 4.78 is 18.2. The number of benzene rings is 2. The molecule has 0 N–H and O–H groups in total. The van der Waals surface area contributed by atoms with Crippen LogP contribution in [0.25, 0.3) is 11.1 Å². The Morgan fingerprint density at radius 1 is 0.632 bits per heavy atom. The first kappa shape index (κ1) is 29.2. The minimum Gasteiger partial charge on any atom is -0.494 e. The molecule has 2 aromatic carbocycles. The molecule has 3 heteroatoms. The predicted molar refractivity (Wildman–Crippen MR) is 159 cm³/mol. The largest absolute Gasteiger partial charge is 0.494 e. The van der Waals surface area contributed by atoms with Crippen molar-refractivity contribution in [1.82, 2.24) is 0 Å². The molecule has 2 fully saturated rings. The van der Waals surface area contributed by atoms with Gasteiger partial charge in [-0.05, 0) is 42.0 Å². The molecule has 1 saturated heterocycles. The van der Waals surface area contributed by atoms with Crippen LogP contribution in [0.1, 0.15) is 122 Å². The molecule has 0 atom stereocenters. The molecule has 1 saturated carbocycles. The minimum absolute atomic E-state index is 0.233. The average molecular weight is 521 g/mol. The molecule has 4 rings (SSSR count). The van der Waals surface area contributed by atoms with E-state index in [0.29, 0.717) is 5.92 Å². The van der Waals surface area contributed by atoms with Crippen LogP contribution in [0.2, 0.25) is 0 Å². The molecule has 1 aliphatic heterocycles. The van der Waals surface area contributed by atoms with E-state index in [4.69, 9.17) is 14.2 Å². The van der Waals surface area contributed by atoms with E-state index in [2.05, 4.69) is 55.5 Å². The first-order chi connectivity index (χ1) is 18.8. The van der Waals surface area contributed by atoms with Gasteiger partial charge in [-0.1, -0.05) is 133 Å². The summed E-state index contributed by atoms with van der Waals surface area (Å²) in [5.41, 5.74) is 3.52. The molecule has 38 heavy (non-hydrogen) atoms. The van der Waals surface area contributed by atoms with Gasteiger partial charge in [0.1, 0.15) is 5.75 Å². The van der Waals surface area contributed by atoms with Gasteiger partial charge in [0.2, 0.25) is 0 Å². The molecular weight excluding hydrogens is 468 g/mol. The van der Waals surface area contributed by atoms with E-state index in [0.717, 1.165) is 43.5 Å². The third kappa shape index (κ3) is 10.0. The monoisotopic (exact) mass is 520 g/mol. The lowest BCUT2D eigenvalue weighted by molar-refractivity contribution is -0.206. The van der Waals surface area contributed by atoms with Crippen LogP contribution in [0.5, 0.6) is 5.75 Å². The fraction of sp³-hybridized carbons (Fsp3) is 0.657. The van der Waals surface area contributed by atoms with Gasteiger partial charge in [-0.25, -0.2) is 0 Å². The van der Waals surface area contributed by atoms with Gasteiger partial charge < -0.3 is 14.2 Å². The van der Waals surface area contributed by atoms with Gasteiger partial charge in [0, 0.05) is 11.5 Å². The smallest absolute Gasteiger partial charge is 0.183 e. The Bertz CT molecular complexity index is 861. The third-order valence-electron chi connectivity index (χ3n) is 8.55. The molecule has 2 aliphatic rings. The van der Waals surface area contributed by atoms with Crippen molar-refractivity contribution < 1.29 is 14.2 Å². The molecule has 1 heterocycles. The summed E-state index contributed by atoms with van der Waals surface area (Å²) in [5, 5.41) is 0. The maximum absolute atomic E-state index is 6.10. The van der Waals surface area contributed by atoms with Crippen LogP contribution in [-0.2, 0) is 9.47 Å². The molecule has 210 valence electrons. The second-order valence-corrected chi connectivity index (χ2v) is 11.8. The molecular formula is C35H52O3. The first-order valence-corrected chi connectivity index (χ1v) is 15.9. The summed E-state index contributed by atoms with van der Waals surface area (Å²) in [7, 11) is 0. The van der Waals surface area contributed by atoms with Crippen molar-refractivity contribution >= 4 is 0 Å². The fourth-order valence-electron chi connectivity index (χ4n) is 6.07. The Morgan fingerprint density at radius 3 is 1.84 bits per heavy atom. The Hall–Kier alpha value is -1.84. The Labute approximate surface area is 232 Å². The SMILES string of the molecule is CCCCCCCCCC1COC(c2ccc(-c3ccc(OCCCCCC4CCCC4)cc3)cc2)OC1. The second-order valence-electron chi connectivity index (χ2n) is 11.8. The minimum atomic E-state index is -0.233. The number of rotatable bonds is 17. The van der Waals surface area contributed by atoms with Gasteiger partial charge in [0.05, 0.1) is 19.8 Å². The lowest BCUT2D eigenvalue weighted by atomic mass is 10.00. The van der Waals surface area contributed by atoms with Crippen LogP contribution in [0.3, 0.4) is 0 Å². The zero-order chi connectivity index (χ0) is 26.3. The number of hydrogen-bond acceptors (Lipinski definition) is 3. The molecule has 1 aliphatic carbocycles. The van der Waals surface area contributed by atoms with Crippen molar-refractivity contribution in [3.8, 4) is 16.9 Å². The average Bonchev–Trinajstić information content (AvgIpc) is 3.49. The Kier molecular flexibility index (Phi) is 13.0. The zero-order valence-electron chi connectivity index (χ0n) is 24.0. The molecule has 0 radical (unpaired) electrons. The number of unbranched alkanes of at least 4 members (excludes halogenated alkanes) is 8. The van der Waals surface area contributed by atoms with Crippen molar-refractivity contribution in [3.05, 3.63) is 54.1 Å². The summed E-state index contributed by atoms with van der Waals surface area (Å²) >= 11 is 0. The highest BCUT2D eigenvalue weighted by Crippen LogP contribution is 2.31.